The third-order valence-corrected chi connectivity index (χ3v) is 5.34. The smallest absolute Gasteiger partial charge is 0.215 e. The molecule has 0 aliphatic heterocycles. The van der Waals surface area contributed by atoms with Gasteiger partial charge >= 0.3 is 0 Å². The van der Waals surface area contributed by atoms with Gasteiger partial charge in [-0.2, -0.15) is 0 Å². The highest BCUT2D eigenvalue weighted by Crippen LogP contribution is 2.21. The Labute approximate surface area is 130 Å². The molecule has 0 aliphatic carbocycles. The lowest BCUT2D eigenvalue weighted by Crippen LogP contribution is -2.39. The zero-order chi connectivity index (χ0) is 15.2. The van der Waals surface area contributed by atoms with Crippen molar-refractivity contribution in [1.82, 2.24) is 10.0 Å². The molecule has 0 radical (unpaired) electrons. The number of nitrogens with one attached hydrogen (secondary N) is 2. The highest BCUT2D eigenvalue weighted by atomic mass is 35.5. The summed E-state index contributed by atoms with van der Waals surface area (Å²) in [5.41, 5.74) is 0.873. The SMILES string of the molecule is CCNCC(C)S(=O)(=O)NCCc1ccc(Cl)cc1Cl. The van der Waals surface area contributed by atoms with E-state index < -0.39 is 15.3 Å². The quantitative estimate of drug-likeness (QED) is 0.765. The van der Waals surface area contributed by atoms with Gasteiger partial charge in [-0.25, -0.2) is 13.1 Å². The highest BCUT2D eigenvalue weighted by molar-refractivity contribution is 7.90. The molecule has 1 aromatic rings. The summed E-state index contributed by atoms with van der Waals surface area (Å²) in [5.74, 6) is 0. The molecule has 114 valence electrons. The molecular formula is C13H20Cl2N2O2S. The molecule has 2 N–H and O–H groups in total. The molecule has 0 amide bonds. The number of hydrogen-bond acceptors (Lipinski definition) is 3. The molecule has 7 heteroatoms. The van der Waals surface area contributed by atoms with E-state index in [1.807, 2.05) is 6.92 Å². The zero-order valence-electron chi connectivity index (χ0n) is 11.6. The van der Waals surface area contributed by atoms with E-state index in [-0.39, 0.29) is 0 Å². The second kappa shape index (κ2) is 8.20. The number of sulfonamides is 1. The monoisotopic (exact) mass is 338 g/mol. The summed E-state index contributed by atoms with van der Waals surface area (Å²) in [6, 6.07) is 5.20. The van der Waals surface area contributed by atoms with Crippen LogP contribution in [-0.2, 0) is 16.4 Å². The minimum Gasteiger partial charge on any atom is -0.316 e. The first-order valence-corrected chi connectivity index (χ1v) is 8.80. The lowest BCUT2D eigenvalue weighted by molar-refractivity contribution is 0.560. The van der Waals surface area contributed by atoms with Gasteiger partial charge in [0.25, 0.3) is 0 Å². The van der Waals surface area contributed by atoms with Crippen LogP contribution in [0.15, 0.2) is 18.2 Å². The van der Waals surface area contributed by atoms with Gasteiger partial charge in [-0.1, -0.05) is 36.2 Å². The first kappa shape index (κ1) is 17.7. The van der Waals surface area contributed by atoms with Crippen LogP contribution in [0.4, 0.5) is 0 Å². The molecule has 0 aliphatic rings. The molecule has 0 saturated heterocycles. The summed E-state index contributed by atoms with van der Waals surface area (Å²) in [7, 11) is -3.31. The highest BCUT2D eigenvalue weighted by Gasteiger charge is 2.19. The summed E-state index contributed by atoms with van der Waals surface area (Å²) in [5, 5.41) is 3.67. The van der Waals surface area contributed by atoms with Crippen molar-refractivity contribution in [2.75, 3.05) is 19.6 Å². The van der Waals surface area contributed by atoms with Crippen LogP contribution < -0.4 is 10.0 Å². The van der Waals surface area contributed by atoms with E-state index in [1.54, 1.807) is 25.1 Å². The van der Waals surface area contributed by atoms with Gasteiger partial charge in [0.15, 0.2) is 0 Å². The van der Waals surface area contributed by atoms with E-state index in [9.17, 15) is 8.42 Å². The Balaban J connectivity index is 2.50. The van der Waals surface area contributed by atoms with E-state index in [0.717, 1.165) is 12.1 Å². The lowest BCUT2D eigenvalue weighted by Gasteiger charge is -2.14. The van der Waals surface area contributed by atoms with Crippen LogP contribution in [0, 0.1) is 0 Å². The maximum atomic E-state index is 12.0. The largest absolute Gasteiger partial charge is 0.316 e. The van der Waals surface area contributed by atoms with Crippen LogP contribution in [0.2, 0.25) is 10.0 Å². The molecule has 0 bridgehead atoms. The molecule has 1 aromatic carbocycles. The Morgan fingerprint density at radius 1 is 1.30 bits per heavy atom. The standard InChI is InChI=1S/C13H20Cl2N2O2S/c1-3-16-9-10(2)20(18,19)17-7-6-11-4-5-12(14)8-13(11)15/h4-5,8,10,16-17H,3,6-7,9H2,1-2H3. The summed E-state index contributed by atoms with van der Waals surface area (Å²) >= 11 is 11.8. The Hall–Kier alpha value is -0.330. The van der Waals surface area contributed by atoms with Crippen LogP contribution in [0.5, 0.6) is 0 Å². The van der Waals surface area contributed by atoms with Crippen LogP contribution in [0.1, 0.15) is 19.4 Å². The second-order valence-electron chi connectivity index (χ2n) is 4.54. The summed E-state index contributed by atoms with van der Waals surface area (Å²) in [6.07, 6.45) is 0.531. The van der Waals surface area contributed by atoms with Crippen LogP contribution in [0.25, 0.3) is 0 Å². The van der Waals surface area contributed by atoms with Gasteiger partial charge in [0, 0.05) is 23.1 Å². The zero-order valence-corrected chi connectivity index (χ0v) is 13.9. The molecule has 0 aromatic heterocycles. The maximum absolute atomic E-state index is 12.0. The fourth-order valence-electron chi connectivity index (χ4n) is 1.65. The van der Waals surface area contributed by atoms with Crippen molar-refractivity contribution in [2.24, 2.45) is 0 Å². The van der Waals surface area contributed by atoms with Crippen molar-refractivity contribution < 1.29 is 8.42 Å². The summed E-state index contributed by atoms with van der Waals surface area (Å²) < 4.78 is 26.5. The van der Waals surface area contributed by atoms with Crippen molar-refractivity contribution >= 4 is 33.2 Å². The molecule has 0 fully saturated rings. The van der Waals surface area contributed by atoms with Crippen LogP contribution in [0.3, 0.4) is 0 Å². The van der Waals surface area contributed by atoms with Gasteiger partial charge < -0.3 is 5.32 Å². The third-order valence-electron chi connectivity index (χ3n) is 2.92. The topological polar surface area (TPSA) is 58.2 Å². The van der Waals surface area contributed by atoms with Gasteiger partial charge in [0.1, 0.15) is 0 Å². The van der Waals surface area contributed by atoms with E-state index in [2.05, 4.69) is 10.0 Å². The molecule has 0 saturated carbocycles. The Morgan fingerprint density at radius 3 is 2.60 bits per heavy atom. The summed E-state index contributed by atoms with van der Waals surface area (Å²) in [6.45, 7) is 5.13. The molecular weight excluding hydrogens is 319 g/mol. The number of benzene rings is 1. The second-order valence-corrected chi connectivity index (χ2v) is 7.57. The first-order chi connectivity index (χ1) is 9.36. The average molecular weight is 339 g/mol. The minimum atomic E-state index is -3.31. The van der Waals surface area contributed by atoms with Crippen LogP contribution >= 0.6 is 23.2 Å². The van der Waals surface area contributed by atoms with Gasteiger partial charge in [-0.3, -0.25) is 0 Å². The van der Waals surface area contributed by atoms with Crippen molar-refractivity contribution in [3.8, 4) is 0 Å². The van der Waals surface area contributed by atoms with Crippen molar-refractivity contribution in [3.05, 3.63) is 33.8 Å². The molecule has 1 atom stereocenters. The van der Waals surface area contributed by atoms with Gasteiger partial charge in [-0.05, 0) is 37.6 Å². The normalized spacial score (nSPS) is 13.4. The molecule has 0 heterocycles. The molecule has 1 unspecified atom stereocenters. The Kier molecular flexibility index (Phi) is 7.26. The van der Waals surface area contributed by atoms with Crippen LogP contribution in [-0.4, -0.2) is 33.3 Å². The van der Waals surface area contributed by atoms with Crippen molar-refractivity contribution in [2.45, 2.75) is 25.5 Å². The lowest BCUT2D eigenvalue weighted by atomic mass is 10.1. The predicted octanol–water partition coefficient (Wildman–Crippen LogP) is 2.45. The Morgan fingerprint density at radius 2 is 2.00 bits per heavy atom. The summed E-state index contributed by atoms with van der Waals surface area (Å²) in [4.78, 5) is 0. The van der Waals surface area contributed by atoms with E-state index >= 15 is 0 Å². The molecule has 20 heavy (non-hydrogen) atoms. The number of halogens is 2. The first-order valence-electron chi connectivity index (χ1n) is 6.50. The molecule has 4 nitrogen and oxygen atoms in total. The predicted molar refractivity (Wildman–Crippen MR) is 85.1 cm³/mol. The van der Waals surface area contributed by atoms with E-state index in [1.165, 1.54) is 0 Å². The van der Waals surface area contributed by atoms with E-state index in [4.69, 9.17) is 23.2 Å². The fraction of sp³-hybridized carbons (Fsp3) is 0.538. The number of hydrogen-bond donors (Lipinski definition) is 2. The van der Waals surface area contributed by atoms with Crippen molar-refractivity contribution in [1.29, 1.82) is 0 Å². The van der Waals surface area contributed by atoms with E-state index in [0.29, 0.717) is 29.6 Å². The average Bonchev–Trinajstić information content (AvgIpc) is 2.38. The fourth-order valence-corrected chi connectivity index (χ4v) is 3.16. The third kappa shape index (κ3) is 5.58. The number of rotatable bonds is 8. The van der Waals surface area contributed by atoms with Gasteiger partial charge in [0.05, 0.1) is 5.25 Å². The minimum absolute atomic E-state index is 0.320. The molecule has 1 rings (SSSR count). The molecule has 0 spiro atoms. The maximum Gasteiger partial charge on any atom is 0.215 e. The van der Waals surface area contributed by atoms with Gasteiger partial charge in [-0.15, -0.1) is 0 Å². The Bertz CT molecular complexity index is 535. The van der Waals surface area contributed by atoms with Gasteiger partial charge in [0.2, 0.25) is 10.0 Å². The van der Waals surface area contributed by atoms with Crippen molar-refractivity contribution in [3.63, 3.8) is 0 Å².